The number of para-hydroxylation sites is 1. The van der Waals surface area contributed by atoms with Crippen LogP contribution in [0.3, 0.4) is 0 Å². The van der Waals surface area contributed by atoms with Crippen LogP contribution in [0.2, 0.25) is 0 Å². The Kier molecular flexibility index (Phi) is 6.17. The number of nitro groups is 1. The van der Waals surface area contributed by atoms with Gasteiger partial charge in [0.1, 0.15) is 0 Å². The Morgan fingerprint density at radius 1 is 0.938 bits per heavy atom. The Morgan fingerprint density at radius 3 is 2.31 bits per heavy atom. The SMILES string of the molecule is O=C(CN1CCN(S(=O)(=O)c2ccccc2[N+](=O)[O-])CC1)Nc1ccc2ccccc2c1. The van der Waals surface area contributed by atoms with Crippen molar-refractivity contribution in [3.05, 3.63) is 76.8 Å². The molecular weight excluding hydrogens is 432 g/mol. The lowest BCUT2D eigenvalue weighted by Crippen LogP contribution is -2.50. The molecule has 0 bridgehead atoms. The van der Waals surface area contributed by atoms with Crippen molar-refractivity contribution in [2.45, 2.75) is 4.90 Å². The summed E-state index contributed by atoms with van der Waals surface area (Å²) in [6.45, 7) is 1.14. The minimum Gasteiger partial charge on any atom is -0.325 e. The average Bonchev–Trinajstić information content (AvgIpc) is 2.79. The van der Waals surface area contributed by atoms with Gasteiger partial charge >= 0.3 is 0 Å². The van der Waals surface area contributed by atoms with E-state index in [-0.39, 0.29) is 30.4 Å². The predicted octanol–water partition coefficient (Wildman–Crippen LogP) is 2.69. The van der Waals surface area contributed by atoms with Crippen LogP contribution in [0.4, 0.5) is 11.4 Å². The molecule has 3 aromatic carbocycles. The van der Waals surface area contributed by atoms with Crippen LogP contribution in [-0.4, -0.2) is 61.2 Å². The van der Waals surface area contributed by atoms with E-state index in [1.165, 1.54) is 28.6 Å². The Morgan fingerprint density at radius 2 is 1.59 bits per heavy atom. The van der Waals surface area contributed by atoms with Gasteiger partial charge in [0.15, 0.2) is 4.90 Å². The predicted molar refractivity (Wildman–Crippen MR) is 121 cm³/mol. The van der Waals surface area contributed by atoms with Crippen LogP contribution in [0.15, 0.2) is 71.6 Å². The Labute approximate surface area is 185 Å². The standard InChI is InChI=1S/C22H22N4O5S/c27-22(23-19-10-9-17-5-1-2-6-18(17)15-19)16-24-11-13-25(14-12-24)32(30,31)21-8-4-3-7-20(21)26(28)29/h1-10,15H,11-14,16H2,(H,23,27). The number of rotatable bonds is 6. The average molecular weight is 455 g/mol. The van der Waals surface area contributed by atoms with Gasteiger partial charge < -0.3 is 5.32 Å². The molecule has 3 aromatic rings. The second-order valence-corrected chi connectivity index (χ2v) is 9.42. The van der Waals surface area contributed by atoms with Crippen molar-refractivity contribution in [3.63, 3.8) is 0 Å². The lowest BCUT2D eigenvalue weighted by molar-refractivity contribution is -0.387. The summed E-state index contributed by atoms with van der Waals surface area (Å²) in [6.07, 6.45) is 0. The molecule has 1 N–H and O–H groups in total. The van der Waals surface area contributed by atoms with Gasteiger partial charge in [0.2, 0.25) is 15.9 Å². The van der Waals surface area contributed by atoms with Gasteiger partial charge in [-0.15, -0.1) is 0 Å². The first kappa shape index (κ1) is 21.9. The smallest absolute Gasteiger partial charge is 0.289 e. The zero-order valence-corrected chi connectivity index (χ0v) is 18.0. The minimum atomic E-state index is -3.99. The number of nitrogens with one attached hydrogen (secondary N) is 1. The summed E-state index contributed by atoms with van der Waals surface area (Å²) < 4.78 is 27.1. The quantitative estimate of drug-likeness (QED) is 0.453. The van der Waals surface area contributed by atoms with E-state index in [2.05, 4.69) is 5.32 Å². The molecule has 1 aliphatic rings. The molecule has 1 heterocycles. The van der Waals surface area contributed by atoms with E-state index in [4.69, 9.17) is 0 Å². The summed E-state index contributed by atoms with van der Waals surface area (Å²) >= 11 is 0. The van der Waals surface area contributed by atoms with Gasteiger partial charge in [-0.25, -0.2) is 8.42 Å². The first-order valence-corrected chi connectivity index (χ1v) is 11.5. The first-order valence-electron chi connectivity index (χ1n) is 10.1. The topological polar surface area (TPSA) is 113 Å². The number of sulfonamides is 1. The van der Waals surface area contributed by atoms with E-state index < -0.39 is 20.6 Å². The van der Waals surface area contributed by atoms with Crippen molar-refractivity contribution >= 4 is 38.1 Å². The number of carbonyl (C=O) groups is 1. The molecule has 1 amide bonds. The third-order valence-electron chi connectivity index (χ3n) is 5.41. The number of hydrogen-bond acceptors (Lipinski definition) is 6. The number of hydrogen-bond donors (Lipinski definition) is 1. The first-order chi connectivity index (χ1) is 15.3. The van der Waals surface area contributed by atoms with Crippen LogP contribution in [0.5, 0.6) is 0 Å². The van der Waals surface area contributed by atoms with Gasteiger partial charge in [-0.2, -0.15) is 4.31 Å². The van der Waals surface area contributed by atoms with Crippen molar-refractivity contribution in [3.8, 4) is 0 Å². The number of piperazine rings is 1. The van der Waals surface area contributed by atoms with Crippen LogP contribution in [0.25, 0.3) is 10.8 Å². The Hall–Kier alpha value is -3.34. The van der Waals surface area contributed by atoms with Gasteiger partial charge in [-0.3, -0.25) is 19.8 Å². The molecule has 0 unspecified atom stereocenters. The summed E-state index contributed by atoms with van der Waals surface area (Å²) in [5.74, 6) is -0.185. The summed E-state index contributed by atoms with van der Waals surface area (Å²) in [4.78, 5) is 24.5. The summed E-state index contributed by atoms with van der Waals surface area (Å²) in [5, 5.41) is 16.2. The fraction of sp³-hybridized carbons (Fsp3) is 0.227. The van der Waals surface area contributed by atoms with E-state index in [0.29, 0.717) is 18.8 Å². The molecule has 166 valence electrons. The van der Waals surface area contributed by atoms with Crippen molar-refractivity contribution in [2.24, 2.45) is 0 Å². The molecule has 32 heavy (non-hydrogen) atoms. The van der Waals surface area contributed by atoms with Crippen LogP contribution in [-0.2, 0) is 14.8 Å². The number of benzene rings is 3. The molecule has 0 spiro atoms. The molecule has 1 saturated heterocycles. The molecule has 0 saturated carbocycles. The summed E-state index contributed by atoms with van der Waals surface area (Å²) in [6, 6.07) is 18.9. The largest absolute Gasteiger partial charge is 0.325 e. The maximum absolute atomic E-state index is 12.9. The van der Waals surface area contributed by atoms with Gasteiger partial charge in [0.25, 0.3) is 5.69 Å². The molecule has 0 radical (unpaired) electrons. The molecule has 0 aliphatic carbocycles. The highest BCUT2D eigenvalue weighted by atomic mass is 32.2. The molecular formula is C22H22N4O5S. The number of carbonyl (C=O) groups excluding carboxylic acids is 1. The molecule has 10 heteroatoms. The Bertz CT molecular complexity index is 1270. The third-order valence-corrected chi connectivity index (χ3v) is 7.36. The molecule has 9 nitrogen and oxygen atoms in total. The maximum Gasteiger partial charge on any atom is 0.289 e. The lowest BCUT2D eigenvalue weighted by atomic mass is 10.1. The fourth-order valence-corrected chi connectivity index (χ4v) is 5.34. The number of anilines is 1. The summed E-state index contributed by atoms with van der Waals surface area (Å²) in [5.41, 5.74) is 0.260. The normalized spacial score (nSPS) is 15.5. The fourth-order valence-electron chi connectivity index (χ4n) is 3.76. The van der Waals surface area contributed by atoms with Crippen LogP contribution >= 0.6 is 0 Å². The minimum absolute atomic E-state index is 0.131. The highest BCUT2D eigenvalue weighted by Gasteiger charge is 2.33. The van der Waals surface area contributed by atoms with E-state index in [0.717, 1.165) is 10.8 Å². The number of fused-ring (bicyclic) bond motifs is 1. The van der Waals surface area contributed by atoms with E-state index in [1.54, 1.807) is 0 Å². The van der Waals surface area contributed by atoms with Crippen LogP contribution < -0.4 is 5.32 Å². The lowest BCUT2D eigenvalue weighted by Gasteiger charge is -2.33. The molecule has 4 rings (SSSR count). The number of amides is 1. The van der Waals surface area contributed by atoms with E-state index in [1.807, 2.05) is 47.4 Å². The van der Waals surface area contributed by atoms with Crippen molar-refractivity contribution in [1.29, 1.82) is 0 Å². The van der Waals surface area contributed by atoms with Gasteiger partial charge in [-0.05, 0) is 29.0 Å². The zero-order chi connectivity index (χ0) is 22.7. The number of nitrogens with zero attached hydrogens (tertiary/aromatic N) is 3. The van der Waals surface area contributed by atoms with Gasteiger partial charge in [0, 0.05) is 37.9 Å². The van der Waals surface area contributed by atoms with Gasteiger partial charge in [-0.1, -0.05) is 42.5 Å². The van der Waals surface area contributed by atoms with Crippen molar-refractivity contribution < 1.29 is 18.1 Å². The third kappa shape index (κ3) is 4.62. The Balaban J connectivity index is 1.36. The molecule has 1 aliphatic heterocycles. The zero-order valence-electron chi connectivity index (χ0n) is 17.2. The monoisotopic (exact) mass is 454 g/mol. The molecule has 1 fully saturated rings. The molecule has 0 aromatic heterocycles. The number of nitro benzene ring substituents is 1. The summed E-state index contributed by atoms with van der Waals surface area (Å²) in [7, 11) is -3.99. The van der Waals surface area contributed by atoms with Gasteiger partial charge in [0.05, 0.1) is 11.5 Å². The highest BCUT2D eigenvalue weighted by Crippen LogP contribution is 2.27. The second-order valence-electron chi connectivity index (χ2n) is 7.52. The highest BCUT2D eigenvalue weighted by molar-refractivity contribution is 7.89. The molecule has 0 atom stereocenters. The van der Waals surface area contributed by atoms with Crippen molar-refractivity contribution in [1.82, 2.24) is 9.21 Å². The van der Waals surface area contributed by atoms with E-state index in [9.17, 15) is 23.3 Å². The second kappa shape index (κ2) is 9.03. The maximum atomic E-state index is 12.9. The van der Waals surface area contributed by atoms with Crippen LogP contribution in [0.1, 0.15) is 0 Å². The van der Waals surface area contributed by atoms with E-state index >= 15 is 0 Å². The van der Waals surface area contributed by atoms with Crippen molar-refractivity contribution in [2.75, 3.05) is 38.0 Å². The van der Waals surface area contributed by atoms with Crippen LogP contribution in [0, 0.1) is 10.1 Å².